The van der Waals surface area contributed by atoms with Crippen molar-refractivity contribution in [3.8, 4) is 11.3 Å². The quantitative estimate of drug-likeness (QED) is 0.368. The Hall–Kier alpha value is -2.81. The van der Waals surface area contributed by atoms with E-state index in [-0.39, 0.29) is 27.5 Å². The summed E-state index contributed by atoms with van der Waals surface area (Å²) in [6, 6.07) is 13.2. The van der Waals surface area contributed by atoms with E-state index in [0.717, 1.165) is 21.4 Å². The zero-order chi connectivity index (χ0) is 22.1. The van der Waals surface area contributed by atoms with Crippen LogP contribution in [0.1, 0.15) is 21.5 Å². The Kier molecular flexibility index (Phi) is 6.21. The van der Waals surface area contributed by atoms with E-state index in [1.54, 1.807) is 12.1 Å². The van der Waals surface area contributed by atoms with Gasteiger partial charge in [-0.3, -0.25) is 0 Å². The number of hydrogen-bond donors (Lipinski definition) is 1. The zero-order valence-corrected chi connectivity index (χ0v) is 18.6. The Morgan fingerprint density at radius 3 is 2.27 bits per heavy atom. The summed E-state index contributed by atoms with van der Waals surface area (Å²) in [5, 5.41) is 0.136. The first kappa shape index (κ1) is 21.9. The van der Waals surface area contributed by atoms with Crippen molar-refractivity contribution in [2.45, 2.75) is 18.7 Å². The first-order valence-corrected chi connectivity index (χ1v) is 10.9. The van der Waals surface area contributed by atoms with Gasteiger partial charge < -0.3 is 4.37 Å². The Morgan fingerprint density at radius 2 is 1.63 bits per heavy atom. The number of hydrogen-bond acceptors (Lipinski definition) is 5. The summed E-state index contributed by atoms with van der Waals surface area (Å²) in [6.07, 6.45) is 0. The summed E-state index contributed by atoms with van der Waals surface area (Å²) in [4.78, 5) is 20.6. The summed E-state index contributed by atoms with van der Waals surface area (Å²) < 4.78 is 29.0. The fourth-order valence-electron chi connectivity index (χ4n) is 3.08. The van der Waals surface area contributed by atoms with E-state index in [4.69, 9.17) is 11.6 Å². The first-order chi connectivity index (χ1) is 14.1. The standard InChI is InChI=1S/C21H21ClN3O4S/c1-13-7-5-8-14(2)19(13)17-12-18(22)24-21(23-17)25-30(27,28)16-10-6-9-15(11-16)20(26)29(3)4/h5-12H,1-4H3,(H,23,24,25)/q+1/p+1. The van der Waals surface area contributed by atoms with Crippen LogP contribution in [-0.2, 0) is 14.4 Å². The molecule has 3 aromatic rings. The molecule has 1 aromatic heterocycles. The largest absolute Gasteiger partial charge is 0.551 e. The molecule has 30 heavy (non-hydrogen) atoms. The molecule has 0 radical (unpaired) electrons. The molecule has 0 bridgehead atoms. The highest BCUT2D eigenvalue weighted by molar-refractivity contribution is 7.85. The third-order valence-electron chi connectivity index (χ3n) is 4.48. The van der Waals surface area contributed by atoms with Crippen LogP contribution in [0.3, 0.4) is 0 Å². The third-order valence-corrected chi connectivity index (χ3v) is 6.10. The molecule has 0 spiro atoms. The highest BCUT2D eigenvalue weighted by Crippen LogP contribution is 2.27. The summed E-state index contributed by atoms with van der Waals surface area (Å²) in [5.74, 6) is -0.401. The molecule has 0 fully saturated rings. The molecule has 0 unspecified atom stereocenters. The van der Waals surface area contributed by atoms with E-state index >= 15 is 0 Å². The summed E-state index contributed by atoms with van der Waals surface area (Å²) in [5.41, 5.74) is 3.64. The highest BCUT2D eigenvalue weighted by Gasteiger charge is 2.26. The lowest BCUT2D eigenvalue weighted by Crippen LogP contribution is -2.82. The van der Waals surface area contributed by atoms with Crippen molar-refractivity contribution >= 4 is 33.5 Å². The molecule has 9 heteroatoms. The number of carbonyl (C=O) groups is 1. The number of carbonyl (C=O) groups excluding carboxylic acids is 1. The van der Waals surface area contributed by atoms with Gasteiger partial charge in [0.1, 0.15) is 29.8 Å². The molecule has 0 aliphatic rings. The Bertz CT molecular complexity index is 1210. The second-order valence-corrected chi connectivity index (χ2v) is 9.18. The lowest BCUT2D eigenvalue weighted by Gasteiger charge is -2.10. The molecule has 156 valence electrons. The number of aryl methyl sites for hydroxylation is 2. The van der Waals surface area contributed by atoms with Gasteiger partial charge in [0.25, 0.3) is 0 Å². The normalized spacial score (nSPS) is 11.4. The number of quaternary nitrogens is 1. The van der Waals surface area contributed by atoms with Crippen molar-refractivity contribution in [2.24, 2.45) is 0 Å². The lowest BCUT2D eigenvalue weighted by atomic mass is 10.00. The van der Waals surface area contributed by atoms with Crippen molar-refractivity contribution in [1.82, 2.24) is 9.97 Å². The molecule has 1 heterocycles. The van der Waals surface area contributed by atoms with Gasteiger partial charge in [-0.05, 0) is 43.2 Å². The van der Waals surface area contributed by atoms with Crippen molar-refractivity contribution in [2.75, 3.05) is 14.2 Å². The smallest absolute Gasteiger partial charge is 0.546 e. The minimum Gasteiger partial charge on any atom is -0.546 e. The van der Waals surface area contributed by atoms with Crippen LogP contribution in [0.15, 0.2) is 53.4 Å². The average Bonchev–Trinajstić information content (AvgIpc) is 2.66. The maximum atomic E-state index is 12.9. The van der Waals surface area contributed by atoms with Crippen molar-refractivity contribution in [1.29, 1.82) is 0 Å². The molecular weight excluding hydrogens is 426 g/mol. The number of aromatic nitrogens is 2. The van der Waals surface area contributed by atoms with Crippen LogP contribution < -0.4 is 4.72 Å². The monoisotopic (exact) mass is 447 g/mol. The van der Waals surface area contributed by atoms with Crippen LogP contribution >= 0.6 is 11.6 Å². The molecule has 0 aliphatic carbocycles. The second kappa shape index (κ2) is 8.51. The fourth-order valence-corrected chi connectivity index (χ4v) is 4.35. The number of sulfonamides is 1. The highest BCUT2D eigenvalue weighted by atomic mass is 35.5. The summed E-state index contributed by atoms with van der Waals surface area (Å²) in [6.45, 7) is 3.90. The number of halogens is 1. The molecule has 0 saturated heterocycles. The van der Waals surface area contributed by atoms with E-state index in [0.29, 0.717) is 5.69 Å². The predicted octanol–water partition coefficient (Wildman–Crippen LogP) is 2.95. The molecule has 0 amide bonds. The molecule has 3 rings (SSSR count). The van der Waals surface area contributed by atoms with Crippen LogP contribution in [0.4, 0.5) is 5.95 Å². The molecule has 2 aromatic carbocycles. The minimum absolute atomic E-state index is 0.0288. The van der Waals surface area contributed by atoms with Crippen LogP contribution in [-0.4, -0.2) is 38.6 Å². The number of benzene rings is 2. The number of rotatable bonds is 5. The third kappa shape index (κ3) is 4.67. The van der Waals surface area contributed by atoms with Gasteiger partial charge in [0, 0.05) is 16.4 Å². The number of primary sulfonamides is 1. The number of nitrogens with two attached hydrogens (primary N) is 1. The van der Waals surface area contributed by atoms with Crippen LogP contribution in [0, 0.1) is 13.8 Å². The second-order valence-electron chi connectivity index (χ2n) is 7.00. The predicted molar refractivity (Wildman–Crippen MR) is 114 cm³/mol. The SMILES string of the molecule is Cc1cccc(C)c1-c1cc(Cl)nc([NH2+]S(=O)(=O)c2cccc(C(=O)[O+](C)C)c2)n1. The van der Waals surface area contributed by atoms with Gasteiger partial charge in [-0.1, -0.05) is 35.9 Å². The van der Waals surface area contributed by atoms with Crippen molar-refractivity contribution < 1.29 is 22.3 Å². The average molecular weight is 448 g/mol. The van der Waals surface area contributed by atoms with Gasteiger partial charge in [-0.15, -0.1) is 0 Å². The topological polar surface area (TPSA) is 96.3 Å². The summed E-state index contributed by atoms with van der Waals surface area (Å²) >= 11 is 6.16. The van der Waals surface area contributed by atoms with Crippen molar-refractivity contribution in [3.63, 3.8) is 0 Å². The van der Waals surface area contributed by atoms with Crippen LogP contribution in [0.2, 0.25) is 5.15 Å². The molecule has 2 N–H and O–H groups in total. The molecular formula is C21H22ClN3O4S+2. The Balaban J connectivity index is 2.00. The molecule has 0 atom stereocenters. The van der Waals surface area contributed by atoms with Gasteiger partial charge in [0.2, 0.25) is 0 Å². The summed E-state index contributed by atoms with van der Waals surface area (Å²) in [7, 11) is -0.883. The Labute approximate surface area is 180 Å². The Morgan fingerprint density at radius 1 is 1.00 bits per heavy atom. The van der Waals surface area contributed by atoms with E-state index in [9.17, 15) is 13.2 Å². The van der Waals surface area contributed by atoms with Crippen LogP contribution in [0.25, 0.3) is 11.3 Å². The maximum absolute atomic E-state index is 12.9. The molecule has 0 aliphatic heterocycles. The van der Waals surface area contributed by atoms with E-state index in [2.05, 4.69) is 14.3 Å². The molecule has 0 saturated carbocycles. The lowest BCUT2D eigenvalue weighted by molar-refractivity contribution is -0.407. The fraction of sp³-hybridized carbons (Fsp3) is 0.190. The minimum atomic E-state index is -3.92. The van der Waals surface area contributed by atoms with Gasteiger partial charge in [0.15, 0.2) is 0 Å². The van der Waals surface area contributed by atoms with Crippen LogP contribution in [0.5, 0.6) is 0 Å². The zero-order valence-electron chi connectivity index (χ0n) is 17.0. The maximum Gasteiger partial charge on any atom is 0.551 e. The van der Waals surface area contributed by atoms with Gasteiger partial charge in [0.05, 0.1) is 5.69 Å². The molecule has 7 nitrogen and oxygen atoms in total. The van der Waals surface area contributed by atoms with Crippen molar-refractivity contribution in [3.05, 3.63) is 70.4 Å². The van der Waals surface area contributed by atoms with E-state index in [1.165, 1.54) is 32.4 Å². The first-order valence-electron chi connectivity index (χ1n) is 9.01. The number of nitrogens with zero attached hydrogens (tertiary/aromatic N) is 2. The van der Waals surface area contributed by atoms with Gasteiger partial charge >= 0.3 is 21.9 Å². The van der Waals surface area contributed by atoms with E-state index < -0.39 is 10.0 Å². The van der Waals surface area contributed by atoms with Gasteiger partial charge in [-0.2, -0.15) is 23.1 Å². The van der Waals surface area contributed by atoms with Gasteiger partial charge in [-0.25, -0.2) is 0 Å². The van der Waals surface area contributed by atoms with E-state index in [1.807, 2.05) is 32.0 Å².